The Kier molecular flexibility index (Phi) is 4.21. The number of alkyl halides is 3. The molecule has 0 fully saturated rings. The molecule has 0 heterocycles. The number of hydrogen-bond acceptors (Lipinski definition) is 3. The average Bonchev–Trinajstić information content (AvgIpc) is 2.21. The zero-order valence-corrected chi connectivity index (χ0v) is 10.1. The minimum Gasteiger partial charge on any atom is -0.462 e. The number of aryl methyl sites for hydroxylation is 2. The molecule has 3 nitrogen and oxygen atoms in total. The number of ether oxygens (including phenoxy) is 1. The van der Waals surface area contributed by atoms with Crippen LogP contribution >= 0.6 is 0 Å². The van der Waals surface area contributed by atoms with Gasteiger partial charge in [-0.15, -0.1) is 0 Å². The van der Waals surface area contributed by atoms with Gasteiger partial charge in [0, 0.05) is 5.69 Å². The van der Waals surface area contributed by atoms with Crippen molar-refractivity contribution in [1.82, 2.24) is 0 Å². The maximum atomic E-state index is 11.9. The molecule has 0 radical (unpaired) electrons. The molecule has 100 valence electrons. The van der Waals surface area contributed by atoms with Crippen molar-refractivity contribution in [2.45, 2.75) is 26.4 Å². The van der Waals surface area contributed by atoms with Gasteiger partial charge in [0.25, 0.3) is 0 Å². The van der Waals surface area contributed by atoms with Gasteiger partial charge in [-0.05, 0) is 31.0 Å². The fraction of sp³-hybridized carbons (Fsp3) is 0.417. The van der Waals surface area contributed by atoms with Gasteiger partial charge in [-0.3, -0.25) is 0 Å². The molecule has 0 aliphatic rings. The van der Waals surface area contributed by atoms with Crippen LogP contribution in [0, 0.1) is 13.8 Å². The van der Waals surface area contributed by atoms with Gasteiger partial charge in [0.1, 0.15) is 6.61 Å². The molecule has 2 N–H and O–H groups in total. The molecular formula is C12H14F3NO2. The van der Waals surface area contributed by atoms with Crippen molar-refractivity contribution in [3.8, 4) is 0 Å². The smallest absolute Gasteiger partial charge is 0.392 e. The van der Waals surface area contributed by atoms with Crippen LogP contribution in [-0.2, 0) is 4.74 Å². The molecular weight excluding hydrogens is 247 g/mol. The molecule has 0 aliphatic heterocycles. The van der Waals surface area contributed by atoms with Crippen LogP contribution < -0.4 is 5.73 Å². The molecule has 18 heavy (non-hydrogen) atoms. The normalized spacial score (nSPS) is 11.4. The Morgan fingerprint density at radius 2 is 1.89 bits per heavy atom. The Labute approximate surface area is 103 Å². The highest BCUT2D eigenvalue weighted by Crippen LogP contribution is 2.21. The molecule has 1 aromatic rings. The average molecular weight is 261 g/mol. The van der Waals surface area contributed by atoms with E-state index in [1.165, 1.54) is 6.07 Å². The lowest BCUT2D eigenvalue weighted by molar-refractivity contribution is -0.141. The van der Waals surface area contributed by atoms with Gasteiger partial charge < -0.3 is 10.5 Å². The second kappa shape index (κ2) is 5.29. The summed E-state index contributed by atoms with van der Waals surface area (Å²) < 4.78 is 40.2. The fourth-order valence-corrected chi connectivity index (χ4v) is 1.43. The first-order valence-corrected chi connectivity index (χ1v) is 5.31. The van der Waals surface area contributed by atoms with Crippen molar-refractivity contribution in [3.63, 3.8) is 0 Å². The zero-order valence-electron chi connectivity index (χ0n) is 10.1. The van der Waals surface area contributed by atoms with Gasteiger partial charge in [-0.1, -0.05) is 6.07 Å². The van der Waals surface area contributed by atoms with Crippen molar-refractivity contribution in [1.29, 1.82) is 0 Å². The largest absolute Gasteiger partial charge is 0.462 e. The van der Waals surface area contributed by atoms with E-state index < -0.39 is 25.2 Å². The number of rotatable bonds is 3. The Balaban J connectivity index is 2.70. The van der Waals surface area contributed by atoms with Crippen molar-refractivity contribution in [2.75, 3.05) is 12.3 Å². The third-order valence-corrected chi connectivity index (χ3v) is 2.45. The second-order valence-electron chi connectivity index (χ2n) is 4.02. The van der Waals surface area contributed by atoms with Crippen molar-refractivity contribution in [3.05, 3.63) is 28.8 Å². The molecule has 1 aromatic carbocycles. The number of carbonyl (C=O) groups excluding carboxylic acids is 1. The van der Waals surface area contributed by atoms with Crippen molar-refractivity contribution >= 4 is 11.7 Å². The fourth-order valence-electron chi connectivity index (χ4n) is 1.43. The lowest BCUT2D eigenvalue weighted by atomic mass is 10.0. The van der Waals surface area contributed by atoms with E-state index in [4.69, 9.17) is 5.73 Å². The van der Waals surface area contributed by atoms with E-state index in [0.717, 1.165) is 5.56 Å². The van der Waals surface area contributed by atoms with E-state index in [-0.39, 0.29) is 5.56 Å². The Bertz CT molecular complexity index is 455. The Morgan fingerprint density at radius 3 is 2.44 bits per heavy atom. The SMILES string of the molecule is Cc1cc(C)c(C(=O)OCCC(F)(F)F)cc1N. The molecule has 0 saturated carbocycles. The zero-order chi connectivity index (χ0) is 13.9. The third-order valence-electron chi connectivity index (χ3n) is 2.45. The van der Waals surface area contributed by atoms with Crippen molar-refractivity contribution in [2.24, 2.45) is 0 Å². The standard InChI is InChI=1S/C12H14F3NO2/c1-7-5-8(2)10(16)6-9(7)11(17)18-4-3-12(13,14)15/h5-6H,3-4,16H2,1-2H3. The predicted molar refractivity (Wildman–Crippen MR) is 61.3 cm³/mol. The summed E-state index contributed by atoms with van der Waals surface area (Å²) in [4.78, 5) is 11.6. The van der Waals surface area contributed by atoms with Gasteiger partial charge in [-0.2, -0.15) is 13.2 Å². The number of anilines is 1. The highest BCUT2D eigenvalue weighted by atomic mass is 19.4. The molecule has 0 bridgehead atoms. The van der Waals surface area contributed by atoms with E-state index in [2.05, 4.69) is 4.74 Å². The number of nitrogen functional groups attached to an aromatic ring is 1. The summed E-state index contributed by atoms with van der Waals surface area (Å²) in [7, 11) is 0. The summed E-state index contributed by atoms with van der Waals surface area (Å²) in [5.41, 5.74) is 7.67. The minimum atomic E-state index is -4.33. The van der Waals surface area contributed by atoms with E-state index in [0.29, 0.717) is 11.3 Å². The van der Waals surface area contributed by atoms with Crippen LogP contribution in [0.3, 0.4) is 0 Å². The molecule has 0 unspecified atom stereocenters. The molecule has 0 atom stereocenters. The summed E-state index contributed by atoms with van der Waals surface area (Å²) in [6.07, 6.45) is -5.49. The number of carbonyl (C=O) groups is 1. The first-order chi connectivity index (χ1) is 8.20. The molecule has 0 spiro atoms. The molecule has 1 rings (SSSR count). The van der Waals surface area contributed by atoms with Crippen LogP contribution in [-0.4, -0.2) is 18.8 Å². The minimum absolute atomic E-state index is 0.195. The Morgan fingerprint density at radius 1 is 1.28 bits per heavy atom. The summed E-state index contributed by atoms with van der Waals surface area (Å²) in [6.45, 7) is 2.77. The third kappa shape index (κ3) is 3.94. The molecule has 0 aromatic heterocycles. The van der Waals surface area contributed by atoms with Crippen LogP contribution in [0.5, 0.6) is 0 Å². The first kappa shape index (κ1) is 14.3. The highest BCUT2D eigenvalue weighted by Gasteiger charge is 2.27. The molecule has 0 saturated heterocycles. The quantitative estimate of drug-likeness (QED) is 0.672. The van der Waals surface area contributed by atoms with Gasteiger partial charge in [0.15, 0.2) is 0 Å². The van der Waals surface area contributed by atoms with Crippen LogP contribution in [0.15, 0.2) is 12.1 Å². The number of esters is 1. The number of benzene rings is 1. The van der Waals surface area contributed by atoms with Crippen LogP contribution in [0.25, 0.3) is 0 Å². The van der Waals surface area contributed by atoms with E-state index in [9.17, 15) is 18.0 Å². The van der Waals surface area contributed by atoms with E-state index in [1.807, 2.05) is 0 Å². The maximum Gasteiger partial charge on any atom is 0.392 e. The summed E-state index contributed by atoms with van der Waals surface area (Å²) >= 11 is 0. The maximum absolute atomic E-state index is 11.9. The Hall–Kier alpha value is -1.72. The topological polar surface area (TPSA) is 52.3 Å². The van der Waals surface area contributed by atoms with Gasteiger partial charge in [-0.25, -0.2) is 4.79 Å². The van der Waals surface area contributed by atoms with Gasteiger partial charge >= 0.3 is 12.1 Å². The lowest BCUT2D eigenvalue weighted by Crippen LogP contribution is -2.15. The van der Waals surface area contributed by atoms with E-state index in [1.54, 1.807) is 19.9 Å². The lowest BCUT2D eigenvalue weighted by Gasteiger charge is -2.10. The van der Waals surface area contributed by atoms with Gasteiger partial charge in [0.05, 0.1) is 12.0 Å². The highest BCUT2D eigenvalue weighted by molar-refractivity contribution is 5.92. The molecule has 0 aliphatic carbocycles. The van der Waals surface area contributed by atoms with Gasteiger partial charge in [0.2, 0.25) is 0 Å². The van der Waals surface area contributed by atoms with Crippen molar-refractivity contribution < 1.29 is 22.7 Å². The first-order valence-electron chi connectivity index (χ1n) is 5.31. The van der Waals surface area contributed by atoms with Crippen LogP contribution in [0.4, 0.5) is 18.9 Å². The van der Waals surface area contributed by atoms with Crippen LogP contribution in [0.2, 0.25) is 0 Å². The molecule has 6 heteroatoms. The second-order valence-corrected chi connectivity index (χ2v) is 4.02. The summed E-state index contributed by atoms with van der Waals surface area (Å²) in [6, 6.07) is 3.11. The summed E-state index contributed by atoms with van der Waals surface area (Å²) in [5.74, 6) is -0.788. The number of halogens is 3. The molecule has 0 amide bonds. The number of nitrogens with two attached hydrogens (primary N) is 1. The summed E-state index contributed by atoms with van der Waals surface area (Å²) in [5, 5.41) is 0. The monoisotopic (exact) mass is 261 g/mol. The predicted octanol–water partition coefficient (Wildman–Crippen LogP) is 2.99. The van der Waals surface area contributed by atoms with Crippen LogP contribution in [0.1, 0.15) is 27.9 Å². The van der Waals surface area contributed by atoms with E-state index >= 15 is 0 Å². The number of hydrogen-bond donors (Lipinski definition) is 1.